The van der Waals surface area contributed by atoms with Gasteiger partial charge in [-0.15, -0.1) is 6.58 Å². The standard InChI is InChI=1S/C25H25N3O5/c1-4-14-28-19-12-8-6-10-17(19)25(32,21(28)30)23(22(31)33-3)13-15-27(2)24(23)16-9-5-7-11-18(16)26-20(24)29/h4-12,32H,1,13-15H2,2-3H3,(H,26,29). The number of rotatable bonds is 4. The van der Waals surface area contributed by atoms with Crippen molar-refractivity contribution in [3.8, 4) is 0 Å². The van der Waals surface area contributed by atoms with Crippen molar-refractivity contribution in [2.24, 2.45) is 5.41 Å². The number of likely N-dealkylation sites (tertiary alicyclic amines) is 1. The zero-order chi connectivity index (χ0) is 23.6. The molecular formula is C25H25N3O5. The minimum absolute atomic E-state index is 0.0381. The largest absolute Gasteiger partial charge is 0.468 e. The molecule has 3 aliphatic rings. The first-order valence-electron chi connectivity index (χ1n) is 10.8. The van der Waals surface area contributed by atoms with Crippen LogP contribution < -0.4 is 10.2 Å². The molecular weight excluding hydrogens is 422 g/mol. The lowest BCUT2D eigenvalue weighted by molar-refractivity contribution is -0.195. The summed E-state index contributed by atoms with van der Waals surface area (Å²) in [4.78, 5) is 44.8. The predicted octanol–water partition coefficient (Wildman–Crippen LogP) is 1.75. The number of likely N-dealkylation sites (N-methyl/N-ethyl adjacent to an activating group) is 1. The Labute approximate surface area is 191 Å². The number of carbonyl (C=O) groups is 3. The fourth-order valence-electron chi connectivity index (χ4n) is 6.23. The number of aliphatic hydroxyl groups is 1. The number of hydrogen-bond acceptors (Lipinski definition) is 6. The third kappa shape index (κ3) is 2.20. The third-order valence-corrected chi connectivity index (χ3v) is 7.51. The zero-order valence-corrected chi connectivity index (χ0v) is 18.5. The van der Waals surface area contributed by atoms with Crippen LogP contribution in [0.15, 0.2) is 61.2 Å². The van der Waals surface area contributed by atoms with Crippen LogP contribution in [-0.2, 0) is 30.3 Å². The van der Waals surface area contributed by atoms with Crippen LogP contribution in [0.5, 0.6) is 0 Å². The van der Waals surface area contributed by atoms with E-state index in [0.717, 1.165) is 0 Å². The van der Waals surface area contributed by atoms with E-state index in [0.29, 0.717) is 16.9 Å². The van der Waals surface area contributed by atoms with Gasteiger partial charge in [-0.05, 0) is 25.6 Å². The number of methoxy groups -OCH3 is 1. The molecule has 8 nitrogen and oxygen atoms in total. The molecule has 8 heteroatoms. The van der Waals surface area contributed by atoms with Crippen molar-refractivity contribution in [2.45, 2.75) is 17.6 Å². The van der Waals surface area contributed by atoms with E-state index in [1.807, 2.05) is 0 Å². The number of hydrogen-bond donors (Lipinski definition) is 2. The first kappa shape index (κ1) is 21.4. The molecule has 0 radical (unpaired) electrons. The molecule has 1 fully saturated rings. The topological polar surface area (TPSA) is 99.2 Å². The quantitative estimate of drug-likeness (QED) is 0.547. The van der Waals surface area contributed by atoms with E-state index in [-0.39, 0.29) is 25.1 Å². The first-order chi connectivity index (χ1) is 15.8. The number of esters is 1. The van der Waals surface area contributed by atoms with E-state index in [1.54, 1.807) is 66.6 Å². The van der Waals surface area contributed by atoms with Gasteiger partial charge in [0.1, 0.15) is 11.0 Å². The Morgan fingerprint density at radius 1 is 1.18 bits per heavy atom. The van der Waals surface area contributed by atoms with Crippen LogP contribution in [0.2, 0.25) is 0 Å². The number of nitrogens with one attached hydrogen (secondary N) is 1. The van der Waals surface area contributed by atoms with Crippen LogP contribution >= 0.6 is 0 Å². The van der Waals surface area contributed by atoms with Gasteiger partial charge in [-0.2, -0.15) is 0 Å². The Morgan fingerprint density at radius 2 is 1.85 bits per heavy atom. The highest BCUT2D eigenvalue weighted by Crippen LogP contribution is 2.66. The van der Waals surface area contributed by atoms with Crippen LogP contribution in [0.3, 0.4) is 0 Å². The molecule has 2 aromatic carbocycles. The Bertz CT molecular complexity index is 1210. The summed E-state index contributed by atoms with van der Waals surface area (Å²) in [5.74, 6) is -1.97. The van der Waals surface area contributed by atoms with Crippen LogP contribution in [0.1, 0.15) is 17.5 Å². The second-order valence-electron chi connectivity index (χ2n) is 8.71. The number of benzene rings is 2. The molecule has 3 aliphatic heterocycles. The number of anilines is 2. The third-order valence-electron chi connectivity index (χ3n) is 7.51. The number of para-hydroxylation sites is 2. The summed E-state index contributed by atoms with van der Waals surface area (Å²) in [6.45, 7) is 4.16. The van der Waals surface area contributed by atoms with Crippen LogP contribution in [0.4, 0.5) is 11.4 Å². The molecule has 33 heavy (non-hydrogen) atoms. The van der Waals surface area contributed by atoms with Gasteiger partial charge in [-0.3, -0.25) is 19.3 Å². The normalized spacial score (nSPS) is 30.3. The molecule has 5 rings (SSSR count). The summed E-state index contributed by atoms with van der Waals surface area (Å²) < 4.78 is 5.28. The number of ether oxygens (including phenoxy) is 1. The SMILES string of the molecule is C=CCN1C(=O)C(O)(C2(C(=O)OC)CCN(C)C23C(=O)Nc2ccccc23)c2ccccc21. The maximum absolute atomic E-state index is 14.0. The minimum Gasteiger partial charge on any atom is -0.468 e. The van der Waals surface area contributed by atoms with Gasteiger partial charge in [0.25, 0.3) is 11.8 Å². The van der Waals surface area contributed by atoms with E-state index in [2.05, 4.69) is 11.9 Å². The summed E-state index contributed by atoms with van der Waals surface area (Å²) in [6, 6.07) is 13.9. The molecule has 2 aromatic rings. The monoisotopic (exact) mass is 447 g/mol. The van der Waals surface area contributed by atoms with Gasteiger partial charge in [0.15, 0.2) is 5.60 Å². The van der Waals surface area contributed by atoms with Crippen molar-refractivity contribution in [3.63, 3.8) is 0 Å². The van der Waals surface area contributed by atoms with Gasteiger partial charge in [-0.1, -0.05) is 42.5 Å². The Kier molecular flexibility index (Phi) is 4.53. The molecule has 2 N–H and O–H groups in total. The number of amides is 2. The first-order valence-corrected chi connectivity index (χ1v) is 10.8. The Morgan fingerprint density at radius 3 is 2.55 bits per heavy atom. The second-order valence-corrected chi connectivity index (χ2v) is 8.71. The second kappa shape index (κ2) is 7.00. The highest BCUT2D eigenvalue weighted by Gasteiger charge is 2.81. The number of nitrogens with zero attached hydrogens (tertiary/aromatic N) is 2. The van der Waals surface area contributed by atoms with Crippen molar-refractivity contribution in [1.82, 2.24) is 4.90 Å². The summed E-state index contributed by atoms with van der Waals surface area (Å²) in [7, 11) is 2.94. The molecule has 3 unspecified atom stereocenters. The summed E-state index contributed by atoms with van der Waals surface area (Å²) in [5.41, 5.74) is -4.13. The highest BCUT2D eigenvalue weighted by molar-refractivity contribution is 6.15. The molecule has 3 atom stereocenters. The van der Waals surface area contributed by atoms with Gasteiger partial charge in [-0.25, -0.2) is 0 Å². The summed E-state index contributed by atoms with van der Waals surface area (Å²) in [6.07, 6.45) is 1.59. The molecule has 3 heterocycles. The highest BCUT2D eigenvalue weighted by atomic mass is 16.5. The van der Waals surface area contributed by atoms with E-state index in [4.69, 9.17) is 4.74 Å². The minimum atomic E-state index is -2.35. The van der Waals surface area contributed by atoms with Gasteiger partial charge >= 0.3 is 5.97 Å². The average molecular weight is 447 g/mol. The van der Waals surface area contributed by atoms with Crippen molar-refractivity contribution in [1.29, 1.82) is 0 Å². The van der Waals surface area contributed by atoms with E-state index < -0.39 is 34.3 Å². The maximum Gasteiger partial charge on any atom is 0.318 e. The smallest absolute Gasteiger partial charge is 0.318 e. The maximum atomic E-state index is 14.0. The molecule has 0 saturated carbocycles. The van der Waals surface area contributed by atoms with Gasteiger partial charge in [0.2, 0.25) is 0 Å². The molecule has 170 valence electrons. The Hall–Kier alpha value is -3.49. The lowest BCUT2D eigenvalue weighted by Crippen LogP contribution is -2.68. The Balaban J connectivity index is 1.90. The van der Waals surface area contributed by atoms with Gasteiger partial charge < -0.3 is 20.1 Å². The van der Waals surface area contributed by atoms with Crippen molar-refractivity contribution >= 4 is 29.2 Å². The fraction of sp³-hybridized carbons (Fsp3) is 0.320. The fourth-order valence-corrected chi connectivity index (χ4v) is 6.23. The molecule has 0 aromatic heterocycles. The van der Waals surface area contributed by atoms with Gasteiger partial charge in [0, 0.05) is 29.9 Å². The van der Waals surface area contributed by atoms with Crippen molar-refractivity contribution in [2.75, 3.05) is 37.5 Å². The zero-order valence-electron chi connectivity index (χ0n) is 18.5. The van der Waals surface area contributed by atoms with E-state index in [9.17, 15) is 19.5 Å². The molecule has 0 aliphatic carbocycles. The van der Waals surface area contributed by atoms with Crippen LogP contribution in [0.25, 0.3) is 0 Å². The molecule has 1 spiro atoms. The summed E-state index contributed by atoms with van der Waals surface area (Å²) in [5, 5.41) is 15.4. The number of carbonyl (C=O) groups excluding carboxylic acids is 3. The van der Waals surface area contributed by atoms with E-state index in [1.165, 1.54) is 12.0 Å². The van der Waals surface area contributed by atoms with Crippen LogP contribution in [0, 0.1) is 5.41 Å². The van der Waals surface area contributed by atoms with Crippen molar-refractivity contribution in [3.05, 3.63) is 72.3 Å². The lowest BCUT2D eigenvalue weighted by Gasteiger charge is -2.49. The predicted molar refractivity (Wildman–Crippen MR) is 121 cm³/mol. The average Bonchev–Trinajstić information content (AvgIpc) is 3.39. The molecule has 2 amide bonds. The number of fused-ring (bicyclic) bond motifs is 3. The van der Waals surface area contributed by atoms with Gasteiger partial charge in [0.05, 0.1) is 12.8 Å². The van der Waals surface area contributed by atoms with E-state index >= 15 is 0 Å². The molecule has 0 bridgehead atoms. The van der Waals surface area contributed by atoms with Crippen molar-refractivity contribution < 1.29 is 24.2 Å². The lowest BCUT2D eigenvalue weighted by atomic mass is 9.56. The molecule has 1 saturated heterocycles. The summed E-state index contributed by atoms with van der Waals surface area (Å²) >= 11 is 0. The van der Waals surface area contributed by atoms with Crippen LogP contribution in [-0.4, -0.2) is 55.0 Å².